The Labute approximate surface area is 142 Å². The Bertz CT molecular complexity index is 929. The van der Waals surface area contributed by atoms with Crippen molar-refractivity contribution in [2.24, 2.45) is 0 Å². The predicted octanol–water partition coefficient (Wildman–Crippen LogP) is 3.34. The van der Waals surface area contributed by atoms with Gasteiger partial charge in [0.05, 0.1) is 0 Å². The van der Waals surface area contributed by atoms with Gasteiger partial charge in [0.2, 0.25) is 0 Å². The lowest BCUT2D eigenvalue weighted by Gasteiger charge is -2.25. The second-order valence-electron chi connectivity index (χ2n) is 6.86. The summed E-state index contributed by atoms with van der Waals surface area (Å²) in [6, 6.07) is 22.3. The first-order chi connectivity index (χ1) is 11.5. The Balaban J connectivity index is 2.04. The smallest absolute Gasteiger partial charge is 0.423 e. The van der Waals surface area contributed by atoms with Crippen LogP contribution in [0.3, 0.4) is 0 Å². The SMILES string of the molecule is CC1(C)c2ccccc2-c2cccc(-c3ccccc3B(O)O)c21. The monoisotopic (exact) mass is 314 g/mol. The summed E-state index contributed by atoms with van der Waals surface area (Å²) in [6.45, 7) is 4.47. The first-order valence-corrected chi connectivity index (χ1v) is 8.20. The Hall–Kier alpha value is -2.36. The van der Waals surface area contributed by atoms with Gasteiger partial charge in [0.25, 0.3) is 0 Å². The summed E-state index contributed by atoms with van der Waals surface area (Å²) < 4.78 is 0. The zero-order valence-electron chi connectivity index (χ0n) is 13.8. The third-order valence-corrected chi connectivity index (χ3v) is 5.11. The van der Waals surface area contributed by atoms with Crippen molar-refractivity contribution >= 4 is 12.6 Å². The topological polar surface area (TPSA) is 40.5 Å². The van der Waals surface area contributed by atoms with Crippen molar-refractivity contribution < 1.29 is 10.0 Å². The van der Waals surface area contributed by atoms with Gasteiger partial charge in [-0.3, -0.25) is 0 Å². The Morgan fingerprint density at radius 2 is 1.21 bits per heavy atom. The fourth-order valence-corrected chi connectivity index (χ4v) is 4.04. The first-order valence-electron chi connectivity index (χ1n) is 8.20. The number of benzene rings is 3. The van der Waals surface area contributed by atoms with Crippen molar-refractivity contribution in [1.82, 2.24) is 0 Å². The molecule has 0 saturated heterocycles. The normalized spacial score (nSPS) is 14.2. The molecular weight excluding hydrogens is 295 g/mol. The second-order valence-corrected chi connectivity index (χ2v) is 6.86. The largest absolute Gasteiger partial charge is 0.489 e. The second kappa shape index (κ2) is 5.33. The van der Waals surface area contributed by atoms with Gasteiger partial charge in [-0.05, 0) is 38.8 Å². The molecule has 0 aliphatic heterocycles. The van der Waals surface area contributed by atoms with Gasteiger partial charge in [0, 0.05) is 5.41 Å². The van der Waals surface area contributed by atoms with E-state index in [4.69, 9.17) is 0 Å². The van der Waals surface area contributed by atoms with Gasteiger partial charge in [-0.15, -0.1) is 0 Å². The molecule has 3 aromatic carbocycles. The molecular formula is C21H19BO2. The molecule has 4 rings (SSSR count). The van der Waals surface area contributed by atoms with E-state index in [1.54, 1.807) is 6.07 Å². The lowest BCUT2D eigenvalue weighted by Crippen LogP contribution is -2.32. The summed E-state index contributed by atoms with van der Waals surface area (Å²) in [5.74, 6) is 0. The number of fused-ring (bicyclic) bond motifs is 3. The number of rotatable bonds is 2. The van der Waals surface area contributed by atoms with Crippen molar-refractivity contribution in [2.75, 3.05) is 0 Å². The molecule has 0 spiro atoms. The Morgan fingerprint density at radius 3 is 1.92 bits per heavy atom. The van der Waals surface area contributed by atoms with E-state index in [1.807, 2.05) is 24.3 Å². The molecule has 0 fully saturated rings. The molecule has 0 aromatic heterocycles. The van der Waals surface area contributed by atoms with Crippen LogP contribution in [-0.4, -0.2) is 17.2 Å². The van der Waals surface area contributed by atoms with E-state index in [0.717, 1.165) is 11.1 Å². The van der Waals surface area contributed by atoms with Crippen LogP contribution in [0.15, 0.2) is 66.7 Å². The minimum atomic E-state index is -1.48. The van der Waals surface area contributed by atoms with Gasteiger partial charge in [-0.2, -0.15) is 0 Å². The summed E-state index contributed by atoms with van der Waals surface area (Å²) in [6.07, 6.45) is 0. The fourth-order valence-electron chi connectivity index (χ4n) is 4.04. The number of hydrogen-bond donors (Lipinski definition) is 2. The summed E-state index contributed by atoms with van der Waals surface area (Å²) in [5.41, 5.74) is 7.42. The Morgan fingerprint density at radius 1 is 0.667 bits per heavy atom. The van der Waals surface area contributed by atoms with Gasteiger partial charge >= 0.3 is 7.12 Å². The summed E-state index contributed by atoms with van der Waals surface area (Å²) >= 11 is 0. The molecule has 1 aliphatic rings. The highest BCUT2D eigenvalue weighted by Crippen LogP contribution is 2.51. The van der Waals surface area contributed by atoms with Gasteiger partial charge in [0.15, 0.2) is 0 Å². The van der Waals surface area contributed by atoms with E-state index in [-0.39, 0.29) is 5.41 Å². The van der Waals surface area contributed by atoms with Crippen molar-refractivity contribution in [3.05, 3.63) is 77.9 Å². The van der Waals surface area contributed by atoms with Crippen LogP contribution in [0.25, 0.3) is 22.3 Å². The summed E-state index contributed by atoms with van der Waals surface area (Å²) in [4.78, 5) is 0. The van der Waals surface area contributed by atoms with Crippen LogP contribution in [0.1, 0.15) is 25.0 Å². The molecule has 3 aromatic rings. The highest BCUT2D eigenvalue weighted by Gasteiger charge is 2.37. The molecule has 0 bridgehead atoms. The van der Waals surface area contributed by atoms with Gasteiger partial charge in [0.1, 0.15) is 0 Å². The van der Waals surface area contributed by atoms with E-state index in [2.05, 4.69) is 50.2 Å². The van der Waals surface area contributed by atoms with E-state index in [1.165, 1.54) is 22.3 Å². The average Bonchev–Trinajstić information content (AvgIpc) is 2.83. The van der Waals surface area contributed by atoms with Crippen molar-refractivity contribution in [3.8, 4) is 22.3 Å². The van der Waals surface area contributed by atoms with E-state index in [0.29, 0.717) is 5.46 Å². The molecule has 1 aliphatic carbocycles. The van der Waals surface area contributed by atoms with Crippen LogP contribution in [-0.2, 0) is 5.41 Å². The molecule has 0 amide bonds. The molecule has 3 heteroatoms. The highest BCUT2D eigenvalue weighted by atomic mass is 16.4. The average molecular weight is 314 g/mol. The van der Waals surface area contributed by atoms with Crippen LogP contribution in [0, 0.1) is 0 Å². The van der Waals surface area contributed by atoms with Crippen molar-refractivity contribution in [3.63, 3.8) is 0 Å². The zero-order chi connectivity index (χ0) is 16.9. The van der Waals surface area contributed by atoms with Crippen LogP contribution < -0.4 is 5.46 Å². The molecule has 2 N–H and O–H groups in total. The molecule has 2 nitrogen and oxygen atoms in total. The third-order valence-electron chi connectivity index (χ3n) is 5.11. The molecule has 0 heterocycles. The zero-order valence-corrected chi connectivity index (χ0v) is 13.8. The first kappa shape index (κ1) is 15.2. The molecule has 118 valence electrons. The minimum Gasteiger partial charge on any atom is -0.423 e. The minimum absolute atomic E-state index is 0.129. The lowest BCUT2D eigenvalue weighted by atomic mass is 9.72. The molecule has 0 atom stereocenters. The quantitative estimate of drug-likeness (QED) is 0.712. The van der Waals surface area contributed by atoms with E-state index < -0.39 is 7.12 Å². The molecule has 0 unspecified atom stereocenters. The lowest BCUT2D eigenvalue weighted by molar-refractivity contribution is 0.426. The highest BCUT2D eigenvalue weighted by molar-refractivity contribution is 6.60. The van der Waals surface area contributed by atoms with Gasteiger partial charge in [-0.1, -0.05) is 80.6 Å². The maximum Gasteiger partial charge on any atom is 0.489 e. The third kappa shape index (κ3) is 2.06. The van der Waals surface area contributed by atoms with Crippen LogP contribution in [0.5, 0.6) is 0 Å². The summed E-state index contributed by atoms with van der Waals surface area (Å²) in [7, 11) is -1.48. The maximum absolute atomic E-state index is 9.77. The van der Waals surface area contributed by atoms with Crippen LogP contribution >= 0.6 is 0 Å². The molecule has 24 heavy (non-hydrogen) atoms. The standard InChI is InChI=1S/C21H19BO2/c1-21(2)18-12-5-3-8-14(18)16-10-7-11-17(20(16)21)15-9-4-6-13-19(15)22(23)24/h3-13,23-24H,1-2H3. The Kier molecular flexibility index (Phi) is 3.38. The molecule has 0 radical (unpaired) electrons. The molecule has 0 saturated carbocycles. The van der Waals surface area contributed by atoms with Gasteiger partial charge < -0.3 is 10.0 Å². The van der Waals surface area contributed by atoms with Crippen LogP contribution in [0.4, 0.5) is 0 Å². The predicted molar refractivity (Wildman–Crippen MR) is 99.3 cm³/mol. The van der Waals surface area contributed by atoms with Crippen molar-refractivity contribution in [1.29, 1.82) is 0 Å². The van der Waals surface area contributed by atoms with E-state index in [9.17, 15) is 10.0 Å². The van der Waals surface area contributed by atoms with Gasteiger partial charge in [-0.25, -0.2) is 0 Å². The number of hydrogen-bond acceptors (Lipinski definition) is 2. The fraction of sp³-hybridized carbons (Fsp3) is 0.143. The van der Waals surface area contributed by atoms with Crippen molar-refractivity contribution in [2.45, 2.75) is 19.3 Å². The van der Waals surface area contributed by atoms with E-state index >= 15 is 0 Å². The summed E-state index contributed by atoms with van der Waals surface area (Å²) in [5, 5.41) is 19.5. The maximum atomic E-state index is 9.77. The van der Waals surface area contributed by atoms with Crippen LogP contribution in [0.2, 0.25) is 0 Å².